The molecule has 0 aliphatic carbocycles. The number of carbonyl (C=O) groups is 2. The van der Waals surface area contributed by atoms with E-state index in [1.54, 1.807) is 24.6 Å². The fourth-order valence-corrected chi connectivity index (χ4v) is 3.08. The Hall–Kier alpha value is -1.60. The van der Waals surface area contributed by atoms with Gasteiger partial charge in [-0.15, -0.1) is 11.3 Å². The van der Waals surface area contributed by atoms with Crippen LogP contribution < -0.4 is 5.32 Å². The van der Waals surface area contributed by atoms with Crippen LogP contribution in [0.4, 0.5) is 4.79 Å². The number of carboxylic acid groups (broad SMARTS) is 1. The van der Waals surface area contributed by atoms with E-state index in [-0.39, 0.29) is 12.1 Å². The molecule has 2 rings (SSSR count). The predicted molar refractivity (Wildman–Crippen MR) is 74.8 cm³/mol. The summed E-state index contributed by atoms with van der Waals surface area (Å²) < 4.78 is 5.43. The second kappa shape index (κ2) is 6.23. The Labute approximate surface area is 121 Å². The number of nitrogens with one attached hydrogen (secondary N) is 1. The topological polar surface area (TPSA) is 78.9 Å². The first-order valence-corrected chi connectivity index (χ1v) is 7.30. The van der Waals surface area contributed by atoms with Crippen LogP contribution >= 0.6 is 11.3 Å². The number of carbonyl (C=O) groups excluding carboxylic acids is 1. The highest BCUT2D eigenvalue weighted by Gasteiger charge is 2.32. The van der Waals surface area contributed by atoms with Gasteiger partial charge in [-0.05, 0) is 24.8 Å². The van der Waals surface area contributed by atoms with Gasteiger partial charge < -0.3 is 20.1 Å². The molecular weight excluding hydrogens is 280 g/mol. The van der Waals surface area contributed by atoms with E-state index in [0.717, 1.165) is 6.42 Å². The summed E-state index contributed by atoms with van der Waals surface area (Å²) in [5.41, 5.74) is 0. The molecule has 1 saturated heterocycles. The van der Waals surface area contributed by atoms with E-state index in [2.05, 4.69) is 5.32 Å². The largest absolute Gasteiger partial charge is 0.479 e. The number of carboxylic acids is 1. The predicted octanol–water partition coefficient (Wildman–Crippen LogP) is 1.69. The zero-order valence-electron chi connectivity index (χ0n) is 11.4. The smallest absolute Gasteiger partial charge is 0.331 e. The van der Waals surface area contributed by atoms with E-state index in [0.29, 0.717) is 11.5 Å². The van der Waals surface area contributed by atoms with E-state index in [1.807, 2.05) is 6.92 Å². The fraction of sp³-hybridized carbons (Fsp3) is 0.538. The Morgan fingerprint density at radius 3 is 2.85 bits per heavy atom. The standard InChI is InChI=1S/C13H18N2O4S/c1-8-9(5-6-19-8)15(2)13(18)14-11(12(16)17)10-4-3-7-20-10/h3-4,7-9,11H,5-6H2,1-2H3,(H,14,18)(H,16,17). The number of urea groups is 1. The molecule has 2 N–H and O–H groups in total. The van der Waals surface area contributed by atoms with Crippen molar-refractivity contribution >= 4 is 23.3 Å². The Kier molecular flexibility index (Phi) is 4.61. The lowest BCUT2D eigenvalue weighted by Gasteiger charge is -2.28. The van der Waals surface area contributed by atoms with Gasteiger partial charge in [0.15, 0.2) is 6.04 Å². The van der Waals surface area contributed by atoms with Gasteiger partial charge in [0.2, 0.25) is 0 Å². The molecule has 6 nitrogen and oxygen atoms in total. The monoisotopic (exact) mass is 298 g/mol. The molecule has 20 heavy (non-hydrogen) atoms. The summed E-state index contributed by atoms with van der Waals surface area (Å²) in [5.74, 6) is -1.06. The van der Waals surface area contributed by atoms with E-state index >= 15 is 0 Å². The normalized spacial score (nSPS) is 23.3. The molecule has 7 heteroatoms. The highest BCUT2D eigenvalue weighted by atomic mass is 32.1. The van der Waals surface area contributed by atoms with Crippen molar-refractivity contribution in [1.29, 1.82) is 0 Å². The minimum Gasteiger partial charge on any atom is -0.479 e. The third-order valence-corrected chi connectivity index (χ3v) is 4.43. The van der Waals surface area contributed by atoms with Gasteiger partial charge in [-0.3, -0.25) is 0 Å². The van der Waals surface area contributed by atoms with Crippen LogP contribution in [-0.4, -0.2) is 47.8 Å². The van der Waals surface area contributed by atoms with Gasteiger partial charge in [-0.2, -0.15) is 0 Å². The first kappa shape index (κ1) is 14.8. The second-order valence-electron chi connectivity index (χ2n) is 4.78. The number of hydrogen-bond donors (Lipinski definition) is 2. The number of hydrogen-bond acceptors (Lipinski definition) is 4. The van der Waals surface area contributed by atoms with E-state index in [4.69, 9.17) is 4.74 Å². The fourth-order valence-electron chi connectivity index (χ4n) is 2.31. The third kappa shape index (κ3) is 3.10. The van der Waals surface area contributed by atoms with Gasteiger partial charge in [-0.25, -0.2) is 9.59 Å². The number of amides is 2. The first-order chi connectivity index (χ1) is 9.50. The lowest BCUT2D eigenvalue weighted by Crippen LogP contribution is -2.48. The summed E-state index contributed by atoms with van der Waals surface area (Å²) in [6.07, 6.45) is 0.734. The van der Waals surface area contributed by atoms with Gasteiger partial charge in [0, 0.05) is 18.5 Å². The summed E-state index contributed by atoms with van der Waals surface area (Å²) in [6.45, 7) is 2.53. The molecule has 0 spiro atoms. The van der Waals surface area contributed by atoms with Gasteiger partial charge >= 0.3 is 12.0 Å². The van der Waals surface area contributed by atoms with Crippen LogP contribution in [-0.2, 0) is 9.53 Å². The SMILES string of the molecule is CC1OCCC1N(C)C(=O)NC(C(=O)O)c1cccs1. The van der Waals surface area contributed by atoms with E-state index in [9.17, 15) is 14.7 Å². The summed E-state index contributed by atoms with van der Waals surface area (Å²) in [5, 5.41) is 13.6. The molecule has 1 aromatic rings. The zero-order chi connectivity index (χ0) is 14.7. The van der Waals surface area contributed by atoms with Gasteiger partial charge in [0.25, 0.3) is 0 Å². The molecule has 1 aromatic heterocycles. The maximum absolute atomic E-state index is 12.2. The molecule has 1 fully saturated rings. The van der Waals surface area contributed by atoms with Crippen molar-refractivity contribution in [2.45, 2.75) is 31.5 Å². The summed E-state index contributed by atoms with van der Waals surface area (Å²) in [4.78, 5) is 25.6. The van der Waals surface area contributed by atoms with Crippen molar-refractivity contribution in [3.63, 3.8) is 0 Å². The van der Waals surface area contributed by atoms with Crippen LogP contribution in [0.5, 0.6) is 0 Å². The summed E-state index contributed by atoms with van der Waals surface area (Å²) in [6, 6.07) is 2.03. The average Bonchev–Trinajstić information content (AvgIpc) is 3.05. The Morgan fingerprint density at radius 2 is 2.35 bits per heavy atom. The Balaban J connectivity index is 2.03. The van der Waals surface area contributed by atoms with Crippen molar-refractivity contribution in [2.75, 3.05) is 13.7 Å². The van der Waals surface area contributed by atoms with Crippen molar-refractivity contribution in [2.24, 2.45) is 0 Å². The quantitative estimate of drug-likeness (QED) is 0.886. The summed E-state index contributed by atoms with van der Waals surface area (Å²) in [7, 11) is 1.67. The van der Waals surface area contributed by atoms with E-state index < -0.39 is 18.0 Å². The summed E-state index contributed by atoms with van der Waals surface area (Å²) >= 11 is 1.31. The third-order valence-electron chi connectivity index (χ3n) is 3.50. The maximum atomic E-state index is 12.2. The number of thiophene rings is 1. The molecule has 1 aliphatic rings. The average molecular weight is 298 g/mol. The minimum atomic E-state index is -1.06. The number of nitrogens with zero attached hydrogens (tertiary/aromatic N) is 1. The number of aliphatic carboxylic acids is 1. The second-order valence-corrected chi connectivity index (χ2v) is 5.76. The van der Waals surface area contributed by atoms with Gasteiger partial charge in [-0.1, -0.05) is 6.07 Å². The maximum Gasteiger partial charge on any atom is 0.331 e. The number of rotatable bonds is 4. The van der Waals surface area contributed by atoms with Crippen LogP contribution in [0.15, 0.2) is 17.5 Å². The molecule has 2 amide bonds. The van der Waals surface area contributed by atoms with Crippen molar-refractivity contribution in [3.8, 4) is 0 Å². The highest BCUT2D eigenvalue weighted by Crippen LogP contribution is 2.21. The van der Waals surface area contributed by atoms with Crippen molar-refractivity contribution < 1.29 is 19.4 Å². The zero-order valence-corrected chi connectivity index (χ0v) is 12.2. The minimum absolute atomic E-state index is 0.0206. The molecule has 0 saturated carbocycles. The van der Waals surface area contributed by atoms with Crippen LogP contribution in [0, 0.1) is 0 Å². The molecule has 0 aromatic carbocycles. The number of likely N-dealkylation sites (N-methyl/N-ethyl adjacent to an activating group) is 1. The van der Waals surface area contributed by atoms with Gasteiger partial charge in [0.1, 0.15) is 0 Å². The van der Waals surface area contributed by atoms with E-state index in [1.165, 1.54) is 16.2 Å². The first-order valence-electron chi connectivity index (χ1n) is 6.42. The molecule has 3 unspecified atom stereocenters. The van der Waals surface area contributed by atoms with Crippen molar-refractivity contribution in [3.05, 3.63) is 22.4 Å². The molecule has 0 bridgehead atoms. The highest BCUT2D eigenvalue weighted by molar-refractivity contribution is 7.10. The molecule has 1 aliphatic heterocycles. The van der Waals surface area contributed by atoms with Crippen LogP contribution in [0.1, 0.15) is 24.3 Å². The molecule has 2 heterocycles. The van der Waals surface area contributed by atoms with Crippen LogP contribution in [0.25, 0.3) is 0 Å². The molecule has 3 atom stereocenters. The lowest BCUT2D eigenvalue weighted by molar-refractivity contribution is -0.139. The van der Waals surface area contributed by atoms with Crippen LogP contribution in [0.2, 0.25) is 0 Å². The molecule has 110 valence electrons. The Bertz CT molecular complexity index is 477. The van der Waals surface area contributed by atoms with Gasteiger partial charge in [0.05, 0.1) is 12.1 Å². The van der Waals surface area contributed by atoms with Crippen molar-refractivity contribution in [1.82, 2.24) is 10.2 Å². The molecule has 0 radical (unpaired) electrons. The molecular formula is C13H18N2O4S. The number of ether oxygens (including phenoxy) is 1. The Morgan fingerprint density at radius 1 is 1.60 bits per heavy atom. The lowest BCUT2D eigenvalue weighted by atomic mass is 10.1. The van der Waals surface area contributed by atoms with Crippen LogP contribution in [0.3, 0.4) is 0 Å².